The SMILES string of the molecule is CC1(NC(=O)OF)CC1. The summed E-state index contributed by atoms with van der Waals surface area (Å²) in [6.07, 6.45) is 0.819. The number of carbonyl (C=O) groups is 1. The fourth-order valence-corrected chi connectivity index (χ4v) is 0.578. The molecule has 0 heterocycles. The number of carbonyl (C=O) groups excluding carboxylic acids is 1. The molecular weight excluding hydrogens is 125 g/mol. The molecular formula is C5H8FNO2. The van der Waals surface area contributed by atoms with Gasteiger partial charge in [-0.05, 0) is 19.8 Å². The van der Waals surface area contributed by atoms with E-state index in [0.29, 0.717) is 0 Å². The Bertz CT molecular complexity index is 133. The highest BCUT2D eigenvalue weighted by molar-refractivity contribution is 5.68. The average molecular weight is 133 g/mol. The topological polar surface area (TPSA) is 38.3 Å². The molecule has 0 aliphatic heterocycles. The van der Waals surface area contributed by atoms with Crippen molar-refractivity contribution in [2.24, 2.45) is 0 Å². The molecule has 1 N–H and O–H groups in total. The first-order valence-corrected chi connectivity index (χ1v) is 2.77. The van der Waals surface area contributed by atoms with Gasteiger partial charge in [0.05, 0.1) is 0 Å². The van der Waals surface area contributed by atoms with Crippen molar-refractivity contribution in [3.05, 3.63) is 0 Å². The lowest BCUT2D eigenvalue weighted by Gasteiger charge is -2.05. The van der Waals surface area contributed by atoms with E-state index in [1.54, 1.807) is 0 Å². The third kappa shape index (κ3) is 1.55. The summed E-state index contributed by atoms with van der Waals surface area (Å²) >= 11 is 0. The second-order valence-corrected chi connectivity index (χ2v) is 2.55. The number of nitrogens with one attached hydrogen (secondary N) is 1. The Labute approximate surface area is 52.1 Å². The van der Waals surface area contributed by atoms with Crippen LogP contribution < -0.4 is 5.32 Å². The third-order valence-corrected chi connectivity index (χ3v) is 1.47. The van der Waals surface area contributed by atoms with Crippen LogP contribution >= 0.6 is 0 Å². The van der Waals surface area contributed by atoms with Gasteiger partial charge in [0.25, 0.3) is 0 Å². The predicted octanol–water partition coefficient (Wildman–Crippen LogP) is 1.15. The van der Waals surface area contributed by atoms with Crippen LogP contribution in [0.4, 0.5) is 9.32 Å². The molecule has 1 amide bonds. The Morgan fingerprint density at radius 2 is 2.33 bits per heavy atom. The summed E-state index contributed by atoms with van der Waals surface area (Å²) in [5.41, 5.74) is -0.191. The van der Waals surface area contributed by atoms with Crippen LogP contribution in [0.2, 0.25) is 0 Å². The molecule has 3 nitrogen and oxygen atoms in total. The van der Waals surface area contributed by atoms with E-state index in [1.807, 2.05) is 6.92 Å². The Morgan fingerprint density at radius 1 is 1.78 bits per heavy atom. The zero-order valence-corrected chi connectivity index (χ0v) is 5.11. The van der Waals surface area contributed by atoms with Crippen LogP contribution in [0.5, 0.6) is 0 Å². The highest BCUT2D eigenvalue weighted by atomic mass is 19.3. The molecule has 0 atom stereocenters. The summed E-state index contributed by atoms with van der Waals surface area (Å²) < 4.78 is 11.0. The van der Waals surface area contributed by atoms with E-state index in [2.05, 4.69) is 10.3 Å². The zero-order valence-electron chi connectivity index (χ0n) is 5.11. The molecule has 52 valence electrons. The Kier molecular flexibility index (Phi) is 1.31. The van der Waals surface area contributed by atoms with Gasteiger partial charge >= 0.3 is 6.09 Å². The van der Waals surface area contributed by atoms with Crippen LogP contribution in [0.25, 0.3) is 0 Å². The molecule has 1 saturated carbocycles. The monoisotopic (exact) mass is 133 g/mol. The highest BCUT2D eigenvalue weighted by Gasteiger charge is 2.39. The molecule has 9 heavy (non-hydrogen) atoms. The van der Waals surface area contributed by atoms with Crippen molar-refractivity contribution in [1.82, 2.24) is 5.32 Å². The molecule has 0 aromatic rings. The number of hydrogen-bond acceptors (Lipinski definition) is 2. The zero-order chi connectivity index (χ0) is 6.91. The van der Waals surface area contributed by atoms with Crippen molar-refractivity contribution < 1.29 is 14.3 Å². The summed E-state index contributed by atoms with van der Waals surface area (Å²) in [5, 5.41) is 2.34. The smallest absolute Gasteiger partial charge is 0.314 e. The first-order chi connectivity index (χ1) is 4.16. The van der Waals surface area contributed by atoms with Crippen LogP contribution in [-0.2, 0) is 4.94 Å². The van der Waals surface area contributed by atoms with Crippen LogP contribution in [-0.4, -0.2) is 11.6 Å². The molecule has 1 rings (SSSR count). The standard InChI is InChI=1S/C5H8FNO2/c1-5(2-3-5)7-4(8)9-6/h2-3H2,1H3,(H,7,8). The van der Waals surface area contributed by atoms with Crippen LogP contribution in [0.1, 0.15) is 19.8 Å². The van der Waals surface area contributed by atoms with Crippen molar-refractivity contribution in [3.63, 3.8) is 0 Å². The van der Waals surface area contributed by atoms with Gasteiger partial charge in [-0.3, -0.25) is 0 Å². The van der Waals surface area contributed by atoms with E-state index in [1.165, 1.54) is 0 Å². The lowest BCUT2D eigenvalue weighted by molar-refractivity contribution is -0.0637. The van der Waals surface area contributed by atoms with Gasteiger partial charge in [0.2, 0.25) is 0 Å². The molecule has 0 radical (unpaired) electrons. The maximum atomic E-state index is 11.0. The number of amides is 1. The maximum absolute atomic E-state index is 11.0. The molecule has 0 spiro atoms. The largest absolute Gasteiger partial charge is 0.445 e. The molecule has 0 saturated heterocycles. The average Bonchev–Trinajstić information content (AvgIpc) is 2.48. The normalized spacial score (nSPS) is 20.7. The van der Waals surface area contributed by atoms with E-state index in [4.69, 9.17) is 0 Å². The first kappa shape index (κ1) is 6.32. The van der Waals surface area contributed by atoms with Gasteiger partial charge in [-0.15, -0.1) is 0 Å². The summed E-state index contributed by atoms with van der Waals surface area (Å²) in [7, 11) is 0. The second kappa shape index (κ2) is 1.86. The lowest BCUT2D eigenvalue weighted by atomic mass is 10.3. The Morgan fingerprint density at radius 3 is 2.67 bits per heavy atom. The number of halogens is 1. The molecule has 4 heteroatoms. The van der Waals surface area contributed by atoms with E-state index in [0.717, 1.165) is 12.8 Å². The molecule has 1 aliphatic rings. The Hall–Kier alpha value is -0.800. The number of rotatable bonds is 1. The Balaban J connectivity index is 2.25. The minimum absolute atomic E-state index is 0.191. The molecule has 1 fully saturated rings. The molecule has 1 aliphatic carbocycles. The van der Waals surface area contributed by atoms with Crippen molar-refractivity contribution >= 4 is 6.09 Å². The molecule has 0 aromatic carbocycles. The maximum Gasteiger partial charge on any atom is 0.445 e. The second-order valence-electron chi connectivity index (χ2n) is 2.55. The van der Waals surface area contributed by atoms with Gasteiger partial charge in [-0.25, -0.2) is 9.74 Å². The van der Waals surface area contributed by atoms with E-state index in [-0.39, 0.29) is 5.54 Å². The van der Waals surface area contributed by atoms with Gasteiger partial charge in [0, 0.05) is 10.1 Å². The summed E-state index contributed by atoms with van der Waals surface area (Å²) in [6, 6.07) is 0. The van der Waals surface area contributed by atoms with E-state index >= 15 is 0 Å². The van der Waals surface area contributed by atoms with Crippen LogP contribution in [0.3, 0.4) is 0 Å². The predicted molar refractivity (Wildman–Crippen MR) is 28.4 cm³/mol. The summed E-state index contributed by atoms with van der Waals surface area (Å²) in [5.74, 6) is 0. The fraction of sp³-hybridized carbons (Fsp3) is 0.800. The van der Waals surface area contributed by atoms with Crippen molar-refractivity contribution in [1.29, 1.82) is 0 Å². The minimum Gasteiger partial charge on any atom is -0.314 e. The van der Waals surface area contributed by atoms with Gasteiger partial charge < -0.3 is 5.32 Å². The molecule has 0 unspecified atom stereocenters. The van der Waals surface area contributed by atoms with Crippen molar-refractivity contribution in [3.8, 4) is 0 Å². The quantitative estimate of drug-likeness (QED) is 0.582. The fourth-order valence-electron chi connectivity index (χ4n) is 0.578. The summed E-state index contributed by atoms with van der Waals surface area (Å²) in [4.78, 5) is 13.1. The van der Waals surface area contributed by atoms with Crippen LogP contribution in [0.15, 0.2) is 0 Å². The lowest BCUT2D eigenvalue weighted by Crippen LogP contribution is -2.33. The van der Waals surface area contributed by atoms with Gasteiger partial charge in [0.15, 0.2) is 0 Å². The molecule has 0 aromatic heterocycles. The van der Waals surface area contributed by atoms with Crippen molar-refractivity contribution in [2.75, 3.05) is 0 Å². The first-order valence-electron chi connectivity index (χ1n) is 2.77. The van der Waals surface area contributed by atoms with Crippen LogP contribution in [0, 0.1) is 0 Å². The van der Waals surface area contributed by atoms with Gasteiger partial charge in [-0.2, -0.15) is 0 Å². The minimum atomic E-state index is -0.991. The number of hydrogen-bond donors (Lipinski definition) is 1. The third-order valence-electron chi connectivity index (χ3n) is 1.47. The van der Waals surface area contributed by atoms with E-state index < -0.39 is 6.09 Å². The van der Waals surface area contributed by atoms with Gasteiger partial charge in [-0.1, -0.05) is 0 Å². The molecule has 0 bridgehead atoms. The summed E-state index contributed by atoms with van der Waals surface area (Å²) in [6.45, 7) is 1.84. The highest BCUT2D eigenvalue weighted by Crippen LogP contribution is 2.34. The van der Waals surface area contributed by atoms with E-state index in [9.17, 15) is 9.32 Å². The van der Waals surface area contributed by atoms with Crippen molar-refractivity contribution in [2.45, 2.75) is 25.3 Å². The van der Waals surface area contributed by atoms with Gasteiger partial charge in [0.1, 0.15) is 0 Å².